The topological polar surface area (TPSA) is 80.4 Å². The summed E-state index contributed by atoms with van der Waals surface area (Å²) in [5.74, 6) is 0. The number of aliphatic hydroxyl groups is 1. The van der Waals surface area contributed by atoms with E-state index in [9.17, 15) is 13.5 Å². The number of benzene rings is 1. The van der Waals surface area contributed by atoms with Crippen molar-refractivity contribution >= 4 is 10.0 Å². The Kier molecular flexibility index (Phi) is 3.42. The maximum atomic E-state index is 11.3. The van der Waals surface area contributed by atoms with Crippen molar-refractivity contribution in [2.24, 2.45) is 5.14 Å². The summed E-state index contributed by atoms with van der Waals surface area (Å²) < 4.78 is 22.7. The van der Waals surface area contributed by atoms with Gasteiger partial charge in [0.2, 0.25) is 10.0 Å². The van der Waals surface area contributed by atoms with Gasteiger partial charge in [-0.25, -0.2) is 13.6 Å². The van der Waals surface area contributed by atoms with Gasteiger partial charge in [-0.05, 0) is 32.4 Å². The fourth-order valence-electron chi connectivity index (χ4n) is 1.59. The lowest BCUT2D eigenvalue weighted by Crippen LogP contribution is -2.24. The SMILES string of the molecule is Cc1ccc(S(N)(=O)=O)c(CC(C)(C)O)c1. The van der Waals surface area contributed by atoms with E-state index in [1.807, 2.05) is 6.92 Å². The maximum Gasteiger partial charge on any atom is 0.238 e. The van der Waals surface area contributed by atoms with Gasteiger partial charge in [-0.1, -0.05) is 17.7 Å². The minimum Gasteiger partial charge on any atom is -0.390 e. The van der Waals surface area contributed by atoms with E-state index in [0.717, 1.165) is 5.56 Å². The molecular formula is C11H17NO3S. The van der Waals surface area contributed by atoms with Gasteiger partial charge in [-0.2, -0.15) is 0 Å². The highest BCUT2D eigenvalue weighted by Gasteiger charge is 2.20. The highest BCUT2D eigenvalue weighted by Crippen LogP contribution is 2.21. The fraction of sp³-hybridized carbons (Fsp3) is 0.455. The second kappa shape index (κ2) is 4.16. The molecule has 90 valence electrons. The third-order valence-corrected chi connectivity index (χ3v) is 3.16. The van der Waals surface area contributed by atoms with Crippen LogP contribution in [0.25, 0.3) is 0 Å². The van der Waals surface area contributed by atoms with Crippen LogP contribution in [-0.2, 0) is 16.4 Å². The summed E-state index contributed by atoms with van der Waals surface area (Å²) in [6.07, 6.45) is 0.250. The number of hydrogen-bond donors (Lipinski definition) is 2. The van der Waals surface area contributed by atoms with Gasteiger partial charge in [0.1, 0.15) is 0 Å². The number of hydrogen-bond acceptors (Lipinski definition) is 3. The Morgan fingerprint density at radius 3 is 2.38 bits per heavy atom. The summed E-state index contributed by atoms with van der Waals surface area (Å²) >= 11 is 0. The third kappa shape index (κ3) is 3.59. The minimum absolute atomic E-state index is 0.0835. The molecule has 0 aliphatic rings. The Hall–Kier alpha value is -0.910. The van der Waals surface area contributed by atoms with Gasteiger partial charge in [0.15, 0.2) is 0 Å². The lowest BCUT2D eigenvalue weighted by Gasteiger charge is -2.19. The molecule has 5 heteroatoms. The van der Waals surface area contributed by atoms with Crippen molar-refractivity contribution in [2.75, 3.05) is 0 Å². The van der Waals surface area contributed by atoms with E-state index >= 15 is 0 Å². The molecule has 0 aromatic heterocycles. The molecule has 0 bridgehead atoms. The van der Waals surface area contributed by atoms with Crippen LogP contribution in [0, 0.1) is 6.92 Å². The van der Waals surface area contributed by atoms with Gasteiger partial charge in [0.25, 0.3) is 0 Å². The Morgan fingerprint density at radius 1 is 1.38 bits per heavy atom. The number of aryl methyl sites for hydroxylation is 1. The van der Waals surface area contributed by atoms with E-state index in [0.29, 0.717) is 5.56 Å². The molecule has 0 amide bonds. The average Bonchev–Trinajstić information content (AvgIpc) is 1.97. The predicted molar refractivity (Wildman–Crippen MR) is 62.6 cm³/mol. The standard InChI is InChI=1S/C11H17NO3S/c1-8-4-5-10(16(12,14)15)9(6-8)7-11(2,3)13/h4-6,13H,7H2,1-3H3,(H2,12,14,15). The van der Waals surface area contributed by atoms with Gasteiger partial charge in [0, 0.05) is 6.42 Å². The molecule has 0 spiro atoms. The number of nitrogens with two attached hydrogens (primary N) is 1. The molecule has 1 aromatic rings. The van der Waals surface area contributed by atoms with Crippen molar-refractivity contribution < 1.29 is 13.5 Å². The number of sulfonamides is 1. The Morgan fingerprint density at radius 2 is 1.94 bits per heavy atom. The van der Waals surface area contributed by atoms with Crippen molar-refractivity contribution in [1.29, 1.82) is 0 Å². The molecular weight excluding hydrogens is 226 g/mol. The summed E-state index contributed by atoms with van der Waals surface area (Å²) in [7, 11) is -3.73. The van der Waals surface area contributed by atoms with Crippen molar-refractivity contribution in [3.8, 4) is 0 Å². The van der Waals surface area contributed by atoms with Crippen LogP contribution in [0.5, 0.6) is 0 Å². The molecule has 0 atom stereocenters. The van der Waals surface area contributed by atoms with E-state index in [2.05, 4.69) is 0 Å². The summed E-state index contributed by atoms with van der Waals surface area (Å²) in [6.45, 7) is 5.12. The average molecular weight is 243 g/mol. The van der Waals surface area contributed by atoms with Crippen molar-refractivity contribution in [1.82, 2.24) is 0 Å². The van der Waals surface area contributed by atoms with Crippen LogP contribution >= 0.6 is 0 Å². The van der Waals surface area contributed by atoms with Crippen molar-refractivity contribution in [3.63, 3.8) is 0 Å². The van der Waals surface area contributed by atoms with Gasteiger partial charge in [-0.15, -0.1) is 0 Å². The summed E-state index contributed by atoms with van der Waals surface area (Å²) in [5.41, 5.74) is 0.523. The van der Waals surface area contributed by atoms with E-state index in [4.69, 9.17) is 5.14 Å². The van der Waals surface area contributed by atoms with Crippen LogP contribution in [0.15, 0.2) is 23.1 Å². The van der Waals surface area contributed by atoms with E-state index in [1.165, 1.54) is 6.07 Å². The molecule has 0 unspecified atom stereocenters. The minimum atomic E-state index is -3.73. The van der Waals surface area contributed by atoms with E-state index in [-0.39, 0.29) is 11.3 Å². The Bertz CT molecular complexity index is 486. The molecule has 0 saturated heterocycles. The van der Waals surface area contributed by atoms with Crippen LogP contribution in [0.3, 0.4) is 0 Å². The molecule has 4 nitrogen and oxygen atoms in total. The smallest absolute Gasteiger partial charge is 0.238 e. The first kappa shape index (κ1) is 13.2. The van der Waals surface area contributed by atoms with Gasteiger partial charge < -0.3 is 5.11 Å². The molecule has 0 fully saturated rings. The summed E-state index contributed by atoms with van der Waals surface area (Å²) in [5, 5.41) is 14.8. The Labute approximate surface area is 96.2 Å². The van der Waals surface area contributed by atoms with Crippen LogP contribution in [-0.4, -0.2) is 19.1 Å². The normalized spacial score (nSPS) is 12.8. The first-order valence-electron chi connectivity index (χ1n) is 4.94. The zero-order valence-corrected chi connectivity index (χ0v) is 10.5. The van der Waals surface area contributed by atoms with Crippen LogP contribution in [0.2, 0.25) is 0 Å². The van der Waals surface area contributed by atoms with Crippen molar-refractivity contribution in [2.45, 2.75) is 37.7 Å². The second-order valence-electron chi connectivity index (χ2n) is 4.65. The molecule has 0 aliphatic heterocycles. The Balaban J connectivity index is 3.30. The highest BCUT2D eigenvalue weighted by atomic mass is 32.2. The highest BCUT2D eigenvalue weighted by molar-refractivity contribution is 7.89. The predicted octanol–water partition coefficient (Wildman–Crippen LogP) is 0.956. The molecule has 3 N–H and O–H groups in total. The molecule has 16 heavy (non-hydrogen) atoms. The van der Waals surface area contributed by atoms with Crippen LogP contribution < -0.4 is 5.14 Å². The fourth-order valence-corrected chi connectivity index (χ4v) is 2.34. The molecule has 0 heterocycles. The quantitative estimate of drug-likeness (QED) is 0.829. The van der Waals surface area contributed by atoms with Crippen LogP contribution in [0.1, 0.15) is 25.0 Å². The second-order valence-corrected chi connectivity index (χ2v) is 6.18. The van der Waals surface area contributed by atoms with Crippen molar-refractivity contribution in [3.05, 3.63) is 29.3 Å². The molecule has 1 aromatic carbocycles. The third-order valence-electron chi connectivity index (χ3n) is 2.15. The van der Waals surface area contributed by atoms with Gasteiger partial charge >= 0.3 is 0 Å². The zero-order chi connectivity index (χ0) is 12.6. The summed E-state index contributed by atoms with van der Waals surface area (Å²) in [4.78, 5) is 0.0835. The summed E-state index contributed by atoms with van der Waals surface area (Å²) in [6, 6.07) is 4.90. The largest absolute Gasteiger partial charge is 0.390 e. The first-order chi connectivity index (χ1) is 7.09. The lowest BCUT2D eigenvalue weighted by atomic mass is 9.97. The lowest BCUT2D eigenvalue weighted by molar-refractivity contribution is 0.0803. The van der Waals surface area contributed by atoms with Gasteiger partial charge in [0.05, 0.1) is 10.5 Å². The van der Waals surface area contributed by atoms with E-state index < -0.39 is 15.6 Å². The molecule has 0 aliphatic carbocycles. The van der Waals surface area contributed by atoms with Crippen LogP contribution in [0.4, 0.5) is 0 Å². The van der Waals surface area contributed by atoms with E-state index in [1.54, 1.807) is 26.0 Å². The maximum absolute atomic E-state index is 11.3. The number of rotatable bonds is 3. The number of primary sulfonamides is 1. The zero-order valence-electron chi connectivity index (χ0n) is 9.69. The molecule has 0 radical (unpaired) electrons. The molecule has 1 rings (SSSR count). The first-order valence-corrected chi connectivity index (χ1v) is 6.49. The monoisotopic (exact) mass is 243 g/mol. The van der Waals surface area contributed by atoms with Gasteiger partial charge in [-0.3, -0.25) is 0 Å². The molecule has 0 saturated carbocycles.